The molecule has 0 radical (unpaired) electrons. The Morgan fingerprint density at radius 1 is 1.16 bits per heavy atom. The highest BCUT2D eigenvalue weighted by molar-refractivity contribution is 5.92. The fourth-order valence-electron chi connectivity index (χ4n) is 5.28. The molecule has 1 aromatic carbocycles. The van der Waals surface area contributed by atoms with Crippen LogP contribution >= 0.6 is 0 Å². The summed E-state index contributed by atoms with van der Waals surface area (Å²) in [5, 5.41) is 0. The number of hydrogen-bond donors (Lipinski definition) is 0. The van der Waals surface area contributed by atoms with Gasteiger partial charge in [0, 0.05) is 31.1 Å². The number of likely N-dealkylation sites (tertiary alicyclic amines) is 1. The van der Waals surface area contributed by atoms with Crippen LogP contribution in [0.3, 0.4) is 0 Å². The molecule has 7 nitrogen and oxygen atoms in total. The smallest absolute Gasteiger partial charge is 0.317 e. The van der Waals surface area contributed by atoms with Crippen molar-refractivity contribution < 1.29 is 23.9 Å². The third-order valence-electron chi connectivity index (χ3n) is 6.93. The van der Waals surface area contributed by atoms with E-state index in [2.05, 4.69) is 0 Å². The average molecular weight is 441 g/mol. The molecular formula is C25H32N2O5. The van der Waals surface area contributed by atoms with Crippen LogP contribution in [-0.2, 0) is 30.4 Å². The van der Waals surface area contributed by atoms with Crippen LogP contribution in [0, 0.1) is 11.3 Å². The van der Waals surface area contributed by atoms with Crippen molar-refractivity contribution in [1.82, 2.24) is 9.80 Å². The summed E-state index contributed by atoms with van der Waals surface area (Å²) in [6.07, 6.45) is 5.78. The Hall–Kier alpha value is -2.67. The second-order valence-corrected chi connectivity index (χ2v) is 8.92. The first kappa shape index (κ1) is 22.5. The van der Waals surface area contributed by atoms with E-state index in [-0.39, 0.29) is 24.2 Å². The molecule has 4 rings (SSSR count). The van der Waals surface area contributed by atoms with Crippen LogP contribution in [0.15, 0.2) is 42.1 Å². The van der Waals surface area contributed by atoms with Crippen LogP contribution in [0.5, 0.6) is 0 Å². The molecule has 2 atom stereocenters. The topological polar surface area (TPSA) is 76.2 Å². The van der Waals surface area contributed by atoms with Gasteiger partial charge in [0.15, 0.2) is 0 Å². The van der Waals surface area contributed by atoms with Gasteiger partial charge < -0.3 is 19.3 Å². The number of benzene rings is 1. The summed E-state index contributed by atoms with van der Waals surface area (Å²) in [5.41, 5.74) is 0.861. The number of hydrogen-bond acceptors (Lipinski definition) is 5. The Bertz CT molecular complexity index is 878. The third-order valence-corrected chi connectivity index (χ3v) is 6.93. The zero-order valence-electron chi connectivity index (χ0n) is 18.8. The highest BCUT2D eigenvalue weighted by Crippen LogP contribution is 2.49. The zero-order chi connectivity index (χ0) is 22.6. The molecule has 2 heterocycles. The lowest BCUT2D eigenvalue weighted by Crippen LogP contribution is -2.53. The fourth-order valence-corrected chi connectivity index (χ4v) is 5.28. The van der Waals surface area contributed by atoms with E-state index in [0.717, 1.165) is 30.5 Å². The van der Waals surface area contributed by atoms with Crippen molar-refractivity contribution >= 4 is 17.8 Å². The highest BCUT2D eigenvalue weighted by Gasteiger charge is 2.54. The van der Waals surface area contributed by atoms with Gasteiger partial charge in [-0.1, -0.05) is 42.8 Å². The Morgan fingerprint density at radius 2 is 1.91 bits per heavy atom. The number of esters is 1. The number of allylic oxidation sites excluding steroid dienone is 1. The maximum atomic E-state index is 13.7. The monoisotopic (exact) mass is 440 g/mol. The summed E-state index contributed by atoms with van der Waals surface area (Å²) in [5.74, 6) is -0.987. The number of fused-ring (bicyclic) bond motifs is 1. The molecule has 0 unspecified atom stereocenters. The Labute approximate surface area is 189 Å². The van der Waals surface area contributed by atoms with E-state index in [9.17, 15) is 14.4 Å². The second-order valence-electron chi connectivity index (χ2n) is 8.92. The van der Waals surface area contributed by atoms with Crippen LogP contribution < -0.4 is 0 Å². The SMILES string of the molecule is COC(=O)[C@]12CCCCC=C1N(Cc1ccccc1)C(=O)[C@H](CC(=O)N1CCOCC1)C2. The minimum Gasteiger partial charge on any atom is -0.468 e. The fraction of sp³-hybridized carbons (Fsp3) is 0.560. The van der Waals surface area contributed by atoms with Crippen molar-refractivity contribution in [2.45, 2.75) is 45.1 Å². The number of carbonyl (C=O) groups is 3. The van der Waals surface area contributed by atoms with Crippen molar-refractivity contribution in [3.05, 3.63) is 47.7 Å². The van der Waals surface area contributed by atoms with Gasteiger partial charge in [0.25, 0.3) is 0 Å². The molecule has 0 spiro atoms. The van der Waals surface area contributed by atoms with Crippen molar-refractivity contribution in [2.75, 3.05) is 33.4 Å². The van der Waals surface area contributed by atoms with Crippen LogP contribution in [0.4, 0.5) is 0 Å². The molecule has 7 heteroatoms. The minimum atomic E-state index is -0.885. The first-order chi connectivity index (χ1) is 15.5. The first-order valence-corrected chi connectivity index (χ1v) is 11.5. The number of rotatable bonds is 5. The minimum absolute atomic E-state index is 0.0487. The molecule has 172 valence electrons. The Kier molecular flexibility index (Phi) is 6.94. The summed E-state index contributed by atoms with van der Waals surface area (Å²) >= 11 is 0. The van der Waals surface area contributed by atoms with E-state index in [0.29, 0.717) is 45.7 Å². The molecule has 2 amide bonds. The Balaban J connectivity index is 1.67. The molecule has 2 aliphatic heterocycles. The molecule has 2 fully saturated rings. The van der Waals surface area contributed by atoms with Gasteiger partial charge in [0.1, 0.15) is 5.41 Å². The number of carbonyl (C=O) groups excluding carboxylic acids is 3. The van der Waals surface area contributed by atoms with Gasteiger partial charge in [0.2, 0.25) is 11.8 Å². The summed E-state index contributed by atoms with van der Waals surface area (Å²) in [6.45, 7) is 2.50. The van der Waals surface area contributed by atoms with Crippen molar-refractivity contribution in [3.8, 4) is 0 Å². The number of amides is 2. The summed E-state index contributed by atoms with van der Waals surface area (Å²) in [4.78, 5) is 43.4. The van der Waals surface area contributed by atoms with E-state index >= 15 is 0 Å². The number of ether oxygens (including phenoxy) is 2. The number of methoxy groups -OCH3 is 1. The van der Waals surface area contributed by atoms with Gasteiger partial charge in [-0.15, -0.1) is 0 Å². The van der Waals surface area contributed by atoms with Gasteiger partial charge in [-0.3, -0.25) is 14.4 Å². The third kappa shape index (κ3) is 4.44. The molecule has 0 bridgehead atoms. The van der Waals surface area contributed by atoms with Crippen molar-refractivity contribution in [1.29, 1.82) is 0 Å². The van der Waals surface area contributed by atoms with Crippen LogP contribution in [0.2, 0.25) is 0 Å². The van der Waals surface area contributed by atoms with E-state index in [1.54, 1.807) is 9.80 Å². The van der Waals surface area contributed by atoms with Gasteiger partial charge in [-0.05, 0) is 31.2 Å². The van der Waals surface area contributed by atoms with E-state index in [4.69, 9.17) is 9.47 Å². The molecule has 0 aromatic heterocycles. The maximum absolute atomic E-state index is 13.7. The predicted molar refractivity (Wildman–Crippen MR) is 118 cm³/mol. The number of nitrogens with zero attached hydrogens (tertiary/aromatic N) is 2. The average Bonchev–Trinajstić information content (AvgIpc) is 3.05. The van der Waals surface area contributed by atoms with E-state index < -0.39 is 11.3 Å². The molecule has 0 saturated carbocycles. The summed E-state index contributed by atoms with van der Waals surface area (Å²) < 4.78 is 10.6. The van der Waals surface area contributed by atoms with Gasteiger partial charge >= 0.3 is 5.97 Å². The molecule has 3 aliphatic rings. The first-order valence-electron chi connectivity index (χ1n) is 11.5. The summed E-state index contributed by atoms with van der Waals surface area (Å²) in [6, 6.07) is 9.78. The van der Waals surface area contributed by atoms with Crippen LogP contribution in [0.1, 0.15) is 44.1 Å². The Morgan fingerprint density at radius 3 is 2.62 bits per heavy atom. The zero-order valence-corrected chi connectivity index (χ0v) is 18.8. The van der Waals surface area contributed by atoms with E-state index in [1.165, 1.54) is 7.11 Å². The van der Waals surface area contributed by atoms with Crippen LogP contribution in [-0.4, -0.2) is 61.0 Å². The predicted octanol–water partition coefficient (Wildman–Crippen LogP) is 2.90. The molecular weight excluding hydrogens is 408 g/mol. The molecule has 2 saturated heterocycles. The molecule has 1 aromatic rings. The summed E-state index contributed by atoms with van der Waals surface area (Å²) in [7, 11) is 1.41. The standard InChI is InChI=1S/C25H32N2O5/c1-31-24(30)25-11-7-3-6-10-21(25)27(18-19-8-4-2-5-9-19)23(29)20(17-25)16-22(28)26-12-14-32-15-13-26/h2,4-5,8-10,20H,3,6-7,11-18H2,1H3/t20-,25+/m1/s1. The van der Waals surface area contributed by atoms with Crippen molar-refractivity contribution in [3.63, 3.8) is 0 Å². The molecule has 32 heavy (non-hydrogen) atoms. The largest absolute Gasteiger partial charge is 0.468 e. The normalized spacial score (nSPS) is 26.1. The highest BCUT2D eigenvalue weighted by atomic mass is 16.5. The molecule has 1 aliphatic carbocycles. The van der Waals surface area contributed by atoms with E-state index in [1.807, 2.05) is 36.4 Å². The number of morpholine rings is 1. The molecule has 0 N–H and O–H groups in total. The van der Waals surface area contributed by atoms with Gasteiger partial charge in [-0.25, -0.2) is 0 Å². The van der Waals surface area contributed by atoms with Crippen LogP contribution in [0.25, 0.3) is 0 Å². The van der Waals surface area contributed by atoms with Gasteiger partial charge in [0.05, 0.1) is 26.9 Å². The lowest BCUT2D eigenvalue weighted by molar-refractivity contribution is -0.160. The quantitative estimate of drug-likeness (QED) is 0.658. The second kappa shape index (κ2) is 9.86. The number of piperidine rings is 1. The lowest BCUT2D eigenvalue weighted by Gasteiger charge is -2.46. The maximum Gasteiger partial charge on any atom is 0.317 e. The van der Waals surface area contributed by atoms with Crippen molar-refractivity contribution in [2.24, 2.45) is 11.3 Å². The van der Waals surface area contributed by atoms with Gasteiger partial charge in [-0.2, -0.15) is 0 Å². The lowest BCUT2D eigenvalue weighted by atomic mass is 9.69.